The molecule has 0 aliphatic carbocycles. The topological polar surface area (TPSA) is 72.2 Å². The molecule has 0 spiro atoms. The van der Waals surface area contributed by atoms with Crippen molar-refractivity contribution in [3.8, 4) is 11.3 Å². The first-order valence-electron chi connectivity index (χ1n) is 7.44. The molecule has 122 valence electrons. The van der Waals surface area contributed by atoms with Gasteiger partial charge in [-0.3, -0.25) is 4.57 Å². The van der Waals surface area contributed by atoms with Crippen molar-refractivity contribution in [3.05, 3.63) is 64.3 Å². The Labute approximate surface area is 137 Å². The number of halogens is 1. The maximum absolute atomic E-state index is 13.2. The molecule has 24 heavy (non-hydrogen) atoms. The van der Waals surface area contributed by atoms with E-state index in [0.29, 0.717) is 22.2 Å². The first-order valence-corrected chi connectivity index (χ1v) is 7.44. The molecule has 5 nitrogen and oxygen atoms in total. The van der Waals surface area contributed by atoms with E-state index in [4.69, 9.17) is 0 Å². The van der Waals surface area contributed by atoms with E-state index < -0.39 is 11.7 Å². The first kappa shape index (κ1) is 15.9. The number of rotatable bonds is 3. The summed E-state index contributed by atoms with van der Waals surface area (Å²) in [6.45, 7) is 3.65. The molecule has 1 heterocycles. The molecule has 0 unspecified atom stereocenters. The second-order valence-electron chi connectivity index (χ2n) is 5.75. The van der Waals surface area contributed by atoms with Crippen molar-refractivity contribution in [3.63, 3.8) is 0 Å². The number of carboxylic acid groups (broad SMARTS) is 1. The number of nitrogens with zero attached hydrogens (tertiary/aromatic N) is 2. The summed E-state index contributed by atoms with van der Waals surface area (Å²) in [5, 5.41) is 9.85. The van der Waals surface area contributed by atoms with E-state index in [1.807, 2.05) is 13.8 Å². The van der Waals surface area contributed by atoms with E-state index in [1.54, 1.807) is 18.2 Å². The van der Waals surface area contributed by atoms with Gasteiger partial charge in [-0.15, -0.1) is 0 Å². The smallest absolute Gasteiger partial charge is 0.348 e. The number of carboxylic acids is 1. The Morgan fingerprint density at radius 3 is 2.42 bits per heavy atom. The number of aromatic nitrogens is 2. The minimum atomic E-state index is -1.07. The van der Waals surface area contributed by atoms with Crippen molar-refractivity contribution >= 4 is 16.9 Å². The summed E-state index contributed by atoms with van der Waals surface area (Å²) in [6.07, 6.45) is 0. The molecule has 0 saturated carbocycles. The van der Waals surface area contributed by atoms with Crippen molar-refractivity contribution < 1.29 is 14.3 Å². The Bertz CT molecular complexity index is 992. The second kappa shape index (κ2) is 5.88. The third-order valence-corrected chi connectivity index (χ3v) is 3.81. The van der Waals surface area contributed by atoms with Gasteiger partial charge in [0.05, 0.1) is 16.8 Å². The molecule has 3 aromatic rings. The molecular weight excluding hydrogens is 311 g/mol. The maximum atomic E-state index is 13.2. The molecule has 0 amide bonds. The maximum Gasteiger partial charge on any atom is 0.348 e. The Kier molecular flexibility index (Phi) is 3.89. The predicted octanol–water partition coefficient (Wildman–Crippen LogP) is 3.48. The van der Waals surface area contributed by atoms with Gasteiger partial charge >= 0.3 is 11.7 Å². The fraction of sp³-hybridized carbons (Fsp3) is 0.167. The van der Waals surface area contributed by atoms with Gasteiger partial charge in [-0.2, -0.15) is 4.98 Å². The fourth-order valence-corrected chi connectivity index (χ4v) is 2.70. The SMILES string of the molecule is CC(C)n1c(=O)nc(-c2ccc(F)cc2)c2ccc(C(=O)O)cc21. The van der Waals surface area contributed by atoms with Gasteiger partial charge in [0.15, 0.2) is 0 Å². The minimum Gasteiger partial charge on any atom is -0.478 e. The van der Waals surface area contributed by atoms with Crippen LogP contribution in [0.15, 0.2) is 47.3 Å². The van der Waals surface area contributed by atoms with Gasteiger partial charge < -0.3 is 5.11 Å². The summed E-state index contributed by atoms with van der Waals surface area (Å²) in [6, 6.07) is 10.1. The largest absolute Gasteiger partial charge is 0.478 e. The van der Waals surface area contributed by atoms with Crippen LogP contribution >= 0.6 is 0 Å². The zero-order valence-electron chi connectivity index (χ0n) is 13.2. The Hall–Kier alpha value is -3.02. The van der Waals surface area contributed by atoms with Crippen LogP contribution in [0.1, 0.15) is 30.2 Å². The fourth-order valence-electron chi connectivity index (χ4n) is 2.70. The van der Waals surface area contributed by atoms with Crippen molar-refractivity contribution in [1.29, 1.82) is 0 Å². The van der Waals surface area contributed by atoms with Crippen LogP contribution < -0.4 is 5.69 Å². The molecule has 0 aliphatic rings. The van der Waals surface area contributed by atoms with Crippen LogP contribution in [-0.2, 0) is 0 Å². The molecule has 0 bridgehead atoms. The van der Waals surface area contributed by atoms with Crippen LogP contribution in [0.25, 0.3) is 22.2 Å². The Balaban J connectivity index is 2.40. The predicted molar refractivity (Wildman–Crippen MR) is 88.7 cm³/mol. The van der Waals surface area contributed by atoms with Crippen LogP contribution in [0, 0.1) is 5.82 Å². The van der Waals surface area contributed by atoms with Crippen LogP contribution in [0.2, 0.25) is 0 Å². The molecule has 6 heteroatoms. The van der Waals surface area contributed by atoms with E-state index in [-0.39, 0.29) is 17.4 Å². The molecule has 0 atom stereocenters. The monoisotopic (exact) mass is 326 g/mol. The molecule has 1 aromatic heterocycles. The molecule has 2 aromatic carbocycles. The minimum absolute atomic E-state index is 0.0903. The number of carbonyl (C=O) groups is 1. The summed E-state index contributed by atoms with van der Waals surface area (Å²) in [5.74, 6) is -1.45. The van der Waals surface area contributed by atoms with Crippen molar-refractivity contribution in [2.75, 3.05) is 0 Å². The van der Waals surface area contributed by atoms with Crippen LogP contribution in [0.4, 0.5) is 4.39 Å². The number of aromatic carboxylic acids is 1. The number of hydrogen-bond donors (Lipinski definition) is 1. The van der Waals surface area contributed by atoms with E-state index >= 15 is 0 Å². The van der Waals surface area contributed by atoms with E-state index in [0.717, 1.165) is 0 Å². The summed E-state index contributed by atoms with van der Waals surface area (Å²) in [4.78, 5) is 27.8. The van der Waals surface area contributed by atoms with Gasteiger partial charge in [0.1, 0.15) is 5.82 Å². The summed E-state index contributed by atoms with van der Waals surface area (Å²) < 4.78 is 14.6. The lowest BCUT2D eigenvalue weighted by Gasteiger charge is -2.16. The third-order valence-electron chi connectivity index (χ3n) is 3.81. The van der Waals surface area contributed by atoms with Crippen molar-refractivity contribution in [2.24, 2.45) is 0 Å². The molecule has 0 radical (unpaired) electrons. The van der Waals surface area contributed by atoms with E-state index in [2.05, 4.69) is 4.98 Å². The van der Waals surface area contributed by atoms with Gasteiger partial charge in [-0.25, -0.2) is 14.0 Å². The summed E-state index contributed by atoms with van der Waals surface area (Å²) in [7, 11) is 0. The van der Waals surface area contributed by atoms with Crippen LogP contribution in [0.3, 0.4) is 0 Å². The first-order chi connectivity index (χ1) is 11.4. The van der Waals surface area contributed by atoms with Gasteiger partial charge in [0, 0.05) is 17.0 Å². The molecule has 3 rings (SSSR count). The number of benzene rings is 2. The number of hydrogen-bond acceptors (Lipinski definition) is 3. The Morgan fingerprint density at radius 1 is 1.17 bits per heavy atom. The quantitative estimate of drug-likeness (QED) is 0.800. The van der Waals surface area contributed by atoms with Crippen LogP contribution in [0.5, 0.6) is 0 Å². The highest BCUT2D eigenvalue weighted by molar-refractivity contribution is 5.98. The average molecular weight is 326 g/mol. The zero-order chi connectivity index (χ0) is 17.4. The lowest BCUT2D eigenvalue weighted by atomic mass is 10.0. The zero-order valence-corrected chi connectivity index (χ0v) is 13.2. The molecular formula is C18H15FN2O3. The lowest BCUT2D eigenvalue weighted by Crippen LogP contribution is -2.25. The highest BCUT2D eigenvalue weighted by Crippen LogP contribution is 2.27. The van der Waals surface area contributed by atoms with Gasteiger partial charge in [0.2, 0.25) is 0 Å². The van der Waals surface area contributed by atoms with Gasteiger partial charge in [-0.1, -0.05) is 0 Å². The van der Waals surface area contributed by atoms with Crippen molar-refractivity contribution in [1.82, 2.24) is 9.55 Å². The highest BCUT2D eigenvalue weighted by atomic mass is 19.1. The standard InChI is InChI=1S/C18H15FN2O3/c1-10(2)21-15-9-12(17(22)23)5-8-14(15)16(20-18(21)24)11-3-6-13(19)7-4-11/h3-10H,1-2H3,(H,22,23). The van der Waals surface area contributed by atoms with E-state index in [9.17, 15) is 19.1 Å². The lowest BCUT2D eigenvalue weighted by molar-refractivity contribution is 0.0697. The normalized spacial score (nSPS) is 11.2. The molecule has 0 aliphatic heterocycles. The number of fused-ring (bicyclic) bond motifs is 1. The molecule has 1 N–H and O–H groups in total. The highest BCUT2D eigenvalue weighted by Gasteiger charge is 2.16. The van der Waals surface area contributed by atoms with Crippen molar-refractivity contribution in [2.45, 2.75) is 19.9 Å². The second-order valence-corrected chi connectivity index (χ2v) is 5.75. The molecule has 0 saturated heterocycles. The Morgan fingerprint density at radius 2 is 1.83 bits per heavy atom. The van der Waals surface area contributed by atoms with Gasteiger partial charge in [0.25, 0.3) is 0 Å². The van der Waals surface area contributed by atoms with Crippen LogP contribution in [-0.4, -0.2) is 20.6 Å². The average Bonchev–Trinajstić information content (AvgIpc) is 2.53. The molecule has 0 fully saturated rings. The van der Waals surface area contributed by atoms with E-state index in [1.165, 1.54) is 28.8 Å². The third kappa shape index (κ3) is 2.67. The van der Waals surface area contributed by atoms with Gasteiger partial charge in [-0.05, 0) is 56.3 Å². The summed E-state index contributed by atoms with van der Waals surface area (Å²) in [5.41, 5.74) is 1.11. The summed E-state index contributed by atoms with van der Waals surface area (Å²) >= 11 is 0.